The van der Waals surface area contributed by atoms with Gasteiger partial charge in [0, 0.05) is 35.2 Å². The van der Waals surface area contributed by atoms with Crippen molar-refractivity contribution in [2.75, 3.05) is 26.4 Å². The molecule has 1 unspecified atom stereocenters. The van der Waals surface area contributed by atoms with Crippen LogP contribution in [-0.2, 0) is 5.75 Å². The summed E-state index contributed by atoms with van der Waals surface area (Å²) in [7, 11) is 4.21. The lowest BCUT2D eigenvalue weighted by atomic mass is 9.92. The summed E-state index contributed by atoms with van der Waals surface area (Å²) in [5.74, 6) is 2.44. The Morgan fingerprint density at radius 3 is 2.79 bits per heavy atom. The maximum atomic E-state index is 9.63. The van der Waals surface area contributed by atoms with Gasteiger partial charge in [-0.05, 0) is 97.5 Å². The molecule has 0 bridgehead atoms. The van der Waals surface area contributed by atoms with Gasteiger partial charge in [0.05, 0.1) is 11.7 Å². The zero-order chi connectivity index (χ0) is 27.9. The minimum Gasteiger partial charge on any atom is -0.490 e. The molecule has 0 spiro atoms. The number of benzene rings is 1. The van der Waals surface area contributed by atoms with Gasteiger partial charge in [0.15, 0.2) is 0 Å². The molecule has 0 fully saturated rings. The Balaban J connectivity index is 2.20. The van der Waals surface area contributed by atoms with Crippen LogP contribution in [0.1, 0.15) is 64.5 Å². The van der Waals surface area contributed by atoms with E-state index >= 15 is 0 Å². The summed E-state index contributed by atoms with van der Waals surface area (Å²) in [6.45, 7) is 13.2. The van der Waals surface area contributed by atoms with Crippen LogP contribution in [0.2, 0.25) is 0 Å². The molecule has 1 aromatic carbocycles. The summed E-state index contributed by atoms with van der Waals surface area (Å²) in [4.78, 5) is 7.49. The Morgan fingerprint density at radius 2 is 2.11 bits per heavy atom. The summed E-state index contributed by atoms with van der Waals surface area (Å²) in [5, 5.41) is 9.63. The third-order valence-corrected chi connectivity index (χ3v) is 8.03. The van der Waals surface area contributed by atoms with Gasteiger partial charge in [-0.2, -0.15) is 5.26 Å². The van der Waals surface area contributed by atoms with Gasteiger partial charge in [0.25, 0.3) is 0 Å². The second-order valence-electron chi connectivity index (χ2n) is 10.2. The first-order valence-corrected chi connectivity index (χ1v) is 15.3. The fourth-order valence-electron chi connectivity index (χ4n) is 3.97. The van der Waals surface area contributed by atoms with Gasteiger partial charge in [0.2, 0.25) is 0 Å². The Bertz CT molecular complexity index is 1080. The van der Waals surface area contributed by atoms with Gasteiger partial charge in [-0.1, -0.05) is 47.4 Å². The third-order valence-electron chi connectivity index (χ3n) is 5.96. The largest absolute Gasteiger partial charge is 0.490 e. The molecule has 0 saturated carbocycles. The maximum Gasteiger partial charge on any atom is 0.137 e. The summed E-state index contributed by atoms with van der Waals surface area (Å²) < 4.78 is 9.40. The zero-order valence-corrected chi connectivity index (χ0v) is 25.6. The number of nitrogens with one attached hydrogen (secondary N) is 1. The van der Waals surface area contributed by atoms with Gasteiger partial charge >= 0.3 is 0 Å². The van der Waals surface area contributed by atoms with Crippen LogP contribution in [0.3, 0.4) is 0 Å². The molecule has 1 aliphatic carbocycles. The van der Waals surface area contributed by atoms with E-state index in [2.05, 4.69) is 73.6 Å². The van der Waals surface area contributed by atoms with E-state index in [4.69, 9.17) is 4.74 Å². The van der Waals surface area contributed by atoms with Crippen LogP contribution in [0.4, 0.5) is 0 Å². The molecule has 2 rings (SSSR count). The van der Waals surface area contributed by atoms with E-state index in [1.807, 2.05) is 50.2 Å². The van der Waals surface area contributed by atoms with E-state index in [9.17, 15) is 5.26 Å². The number of thioether (sulfide) groups is 1. The molecule has 0 amide bonds. The van der Waals surface area contributed by atoms with Crippen molar-refractivity contribution in [2.24, 2.45) is 4.99 Å². The molecule has 5 nitrogen and oxygen atoms in total. The van der Waals surface area contributed by atoms with Gasteiger partial charge in [-0.15, -0.1) is 11.8 Å². The van der Waals surface area contributed by atoms with Crippen molar-refractivity contribution in [3.8, 4) is 11.8 Å². The average molecular weight is 553 g/mol. The maximum absolute atomic E-state index is 9.63. The summed E-state index contributed by atoms with van der Waals surface area (Å²) in [6.07, 6.45) is 12.7. The first kappa shape index (κ1) is 32.0. The average Bonchev–Trinajstić information content (AvgIpc) is 2.86. The Kier molecular flexibility index (Phi) is 14.6. The summed E-state index contributed by atoms with van der Waals surface area (Å²) >= 11 is 3.55. The Hall–Kier alpha value is -2.24. The topological polar surface area (TPSA) is 60.6 Å². The first-order valence-electron chi connectivity index (χ1n) is 13.3. The minimum atomic E-state index is 0.0269. The van der Waals surface area contributed by atoms with Crippen molar-refractivity contribution in [1.82, 2.24) is 9.62 Å². The molecule has 1 aromatic rings. The molecule has 1 N–H and O–H groups in total. The molecule has 206 valence electrons. The van der Waals surface area contributed by atoms with Crippen LogP contribution in [0.5, 0.6) is 5.75 Å². The van der Waals surface area contributed by atoms with Gasteiger partial charge in [0.1, 0.15) is 11.8 Å². The van der Waals surface area contributed by atoms with E-state index in [0.717, 1.165) is 54.2 Å². The smallest absolute Gasteiger partial charge is 0.137 e. The van der Waals surface area contributed by atoms with Gasteiger partial charge in [-0.3, -0.25) is 9.71 Å². The molecule has 1 atom stereocenters. The number of rotatable bonds is 15. The zero-order valence-electron chi connectivity index (χ0n) is 23.9. The number of hydrogen-bond acceptors (Lipinski definition) is 7. The minimum absolute atomic E-state index is 0.0269. The van der Waals surface area contributed by atoms with E-state index in [1.54, 1.807) is 11.8 Å². The van der Waals surface area contributed by atoms with Crippen molar-refractivity contribution in [3.05, 3.63) is 75.4 Å². The Morgan fingerprint density at radius 1 is 1.32 bits per heavy atom. The molecule has 0 aromatic heterocycles. The predicted octanol–water partition coefficient (Wildman–Crippen LogP) is 7.68. The van der Waals surface area contributed by atoms with E-state index in [0.29, 0.717) is 17.4 Å². The third kappa shape index (κ3) is 11.7. The van der Waals surface area contributed by atoms with E-state index in [-0.39, 0.29) is 6.10 Å². The SMILES string of the molecule is C=N/C=C(SCc1ccc(OC(C)C)c(C#N)c1)/C1=C(\CCC(C)NSCCN(C)C)C/C(C)=C\C/C=C\1. The molecule has 0 heterocycles. The number of allylic oxidation sites excluding steroid dienone is 6. The van der Waals surface area contributed by atoms with Crippen molar-refractivity contribution < 1.29 is 4.74 Å². The van der Waals surface area contributed by atoms with Crippen LogP contribution >= 0.6 is 23.7 Å². The molecule has 0 saturated heterocycles. The number of aliphatic imine (C=N–C) groups is 1. The molecular weight excluding hydrogens is 509 g/mol. The van der Waals surface area contributed by atoms with Crippen LogP contribution in [-0.4, -0.2) is 50.2 Å². The van der Waals surface area contributed by atoms with E-state index < -0.39 is 0 Å². The van der Waals surface area contributed by atoms with Crippen LogP contribution in [0, 0.1) is 11.3 Å². The lowest BCUT2D eigenvalue weighted by Gasteiger charge is -2.20. The Labute approximate surface area is 239 Å². The standard InChI is InChI=1S/C31H44N4OS2/c1-23(2)36-30-15-13-26(19-28(30)20-32)22-37-31(21-33-5)29-11-9-8-10-24(3)18-27(29)14-12-25(4)34-38-17-16-35(6)7/h9-11,13,15,19,21,23,25,34H,5,8,12,14,16-18,22H2,1-4,6-7H3/b11-9-,24-10-,29-27+,31-21-. The van der Waals surface area contributed by atoms with Crippen LogP contribution < -0.4 is 9.46 Å². The highest BCUT2D eigenvalue weighted by Gasteiger charge is 2.15. The normalized spacial score (nSPS) is 19.3. The molecule has 7 heteroatoms. The molecule has 38 heavy (non-hydrogen) atoms. The fraction of sp³-hybridized carbons (Fsp3) is 0.484. The lowest BCUT2D eigenvalue weighted by Crippen LogP contribution is -2.22. The molecule has 1 aliphatic rings. The van der Waals surface area contributed by atoms with Crippen molar-refractivity contribution in [1.29, 1.82) is 5.26 Å². The second kappa shape index (κ2) is 17.4. The summed E-state index contributed by atoms with van der Waals surface area (Å²) in [5.41, 5.74) is 5.74. The molecule has 0 radical (unpaired) electrons. The van der Waals surface area contributed by atoms with Gasteiger partial charge in [-0.25, -0.2) is 0 Å². The van der Waals surface area contributed by atoms with E-state index in [1.165, 1.54) is 16.7 Å². The van der Waals surface area contributed by atoms with Crippen molar-refractivity contribution >= 4 is 30.4 Å². The number of nitrogens with zero attached hydrogens (tertiary/aromatic N) is 3. The highest BCUT2D eigenvalue weighted by atomic mass is 32.2. The van der Waals surface area contributed by atoms with Crippen molar-refractivity contribution in [3.63, 3.8) is 0 Å². The quantitative estimate of drug-likeness (QED) is 0.104. The fourth-order valence-corrected chi connectivity index (χ4v) is 5.97. The number of hydrogen-bond donors (Lipinski definition) is 1. The monoisotopic (exact) mass is 552 g/mol. The number of ether oxygens (including phenoxy) is 1. The second-order valence-corrected chi connectivity index (χ2v) is 12.1. The summed E-state index contributed by atoms with van der Waals surface area (Å²) in [6, 6.07) is 8.58. The molecule has 0 aliphatic heterocycles. The van der Waals surface area contributed by atoms with Gasteiger partial charge < -0.3 is 9.64 Å². The van der Waals surface area contributed by atoms with Crippen LogP contribution in [0.25, 0.3) is 0 Å². The van der Waals surface area contributed by atoms with Crippen molar-refractivity contribution in [2.45, 2.75) is 71.3 Å². The van der Waals surface area contributed by atoms with Crippen LogP contribution in [0.15, 0.2) is 69.2 Å². The highest BCUT2D eigenvalue weighted by molar-refractivity contribution is 8.02. The lowest BCUT2D eigenvalue weighted by molar-refractivity contribution is 0.241. The predicted molar refractivity (Wildman–Crippen MR) is 168 cm³/mol. The molecular formula is C31H44N4OS2. The first-order chi connectivity index (χ1) is 18.2. The highest BCUT2D eigenvalue weighted by Crippen LogP contribution is 2.36. The number of nitriles is 1.